The van der Waals surface area contributed by atoms with E-state index in [4.69, 9.17) is 0 Å². The van der Waals surface area contributed by atoms with Crippen molar-refractivity contribution in [3.63, 3.8) is 0 Å². The van der Waals surface area contributed by atoms with E-state index in [1.807, 2.05) is 13.0 Å². The van der Waals surface area contributed by atoms with Crippen LogP contribution in [0.4, 0.5) is 0 Å². The van der Waals surface area contributed by atoms with Gasteiger partial charge in [0, 0.05) is 37.9 Å². The molecule has 2 atom stereocenters. The second kappa shape index (κ2) is 7.18. The highest BCUT2D eigenvalue weighted by Gasteiger charge is 2.44. The van der Waals surface area contributed by atoms with Crippen LogP contribution in [0.15, 0.2) is 16.9 Å². The topological polar surface area (TPSA) is 54.3 Å². The number of likely N-dealkylation sites (tertiary alicyclic amines) is 1. The van der Waals surface area contributed by atoms with Crippen LogP contribution in [0.2, 0.25) is 0 Å². The van der Waals surface area contributed by atoms with Crippen LogP contribution in [0.5, 0.6) is 0 Å². The molecule has 0 aromatic carbocycles. The molecule has 1 aromatic rings. The first-order valence-corrected chi connectivity index (χ1v) is 10.3. The first-order valence-electron chi connectivity index (χ1n) is 10.3. The van der Waals surface area contributed by atoms with Crippen LogP contribution in [-0.4, -0.2) is 40.5 Å². The predicted molar refractivity (Wildman–Crippen MR) is 102 cm³/mol. The van der Waals surface area contributed by atoms with E-state index in [2.05, 4.69) is 10.2 Å². The Bertz CT molecular complexity index is 731. The summed E-state index contributed by atoms with van der Waals surface area (Å²) in [6.07, 6.45) is 9.24. The van der Waals surface area contributed by atoms with Gasteiger partial charge in [-0.2, -0.15) is 0 Å². The summed E-state index contributed by atoms with van der Waals surface area (Å²) < 4.78 is 1.55. The number of carbonyl (C=O) groups excluding carboxylic acids is 1. The fourth-order valence-corrected chi connectivity index (χ4v) is 4.91. The Kier molecular flexibility index (Phi) is 4.91. The molecule has 26 heavy (non-hydrogen) atoms. The summed E-state index contributed by atoms with van der Waals surface area (Å²) in [5.74, 6) is 1.11. The van der Waals surface area contributed by atoms with Gasteiger partial charge in [0.2, 0.25) is 0 Å². The Hall–Kier alpha value is -1.62. The van der Waals surface area contributed by atoms with Gasteiger partial charge in [0.05, 0.1) is 0 Å². The molecule has 1 amide bonds. The monoisotopic (exact) mass is 357 g/mol. The highest BCUT2D eigenvalue weighted by atomic mass is 16.2. The number of hydrogen-bond donors (Lipinski definition) is 1. The van der Waals surface area contributed by atoms with Gasteiger partial charge in [-0.3, -0.25) is 14.5 Å². The molecule has 1 aromatic heterocycles. The normalized spacial score (nSPS) is 27.6. The van der Waals surface area contributed by atoms with E-state index in [0.29, 0.717) is 12.0 Å². The Balaban J connectivity index is 1.48. The zero-order valence-corrected chi connectivity index (χ0v) is 16.0. The summed E-state index contributed by atoms with van der Waals surface area (Å²) >= 11 is 0. The van der Waals surface area contributed by atoms with Crippen molar-refractivity contribution in [3.8, 4) is 0 Å². The third-order valence-corrected chi connectivity index (χ3v) is 6.83. The van der Waals surface area contributed by atoms with Crippen LogP contribution in [-0.2, 0) is 7.05 Å². The van der Waals surface area contributed by atoms with Crippen molar-refractivity contribution in [2.75, 3.05) is 13.1 Å². The molecular formula is C21H31N3O2. The number of rotatable bonds is 4. The summed E-state index contributed by atoms with van der Waals surface area (Å²) in [6, 6.07) is 4.40. The lowest BCUT2D eigenvalue weighted by Gasteiger charge is -2.31. The van der Waals surface area contributed by atoms with Crippen molar-refractivity contribution < 1.29 is 4.79 Å². The maximum absolute atomic E-state index is 12.8. The summed E-state index contributed by atoms with van der Waals surface area (Å²) in [7, 11) is 1.72. The third kappa shape index (κ3) is 3.46. The summed E-state index contributed by atoms with van der Waals surface area (Å²) in [5, 5.41) is 3.23. The fourth-order valence-electron chi connectivity index (χ4n) is 4.91. The molecule has 5 nitrogen and oxygen atoms in total. The van der Waals surface area contributed by atoms with Crippen LogP contribution in [0.3, 0.4) is 0 Å². The molecule has 3 aliphatic rings. The SMILES string of the molecule is Cc1ccc(C(=O)N[C@H]2CN(C3CCCCC3)C[C@@H]2C2CC2)c(=O)n1C. The smallest absolute Gasteiger partial charge is 0.263 e. The van der Waals surface area contributed by atoms with E-state index >= 15 is 0 Å². The van der Waals surface area contributed by atoms with Gasteiger partial charge >= 0.3 is 0 Å². The molecule has 2 heterocycles. The summed E-state index contributed by atoms with van der Waals surface area (Å²) in [4.78, 5) is 27.9. The van der Waals surface area contributed by atoms with E-state index in [1.54, 1.807) is 17.7 Å². The zero-order chi connectivity index (χ0) is 18.3. The van der Waals surface area contributed by atoms with E-state index < -0.39 is 0 Å². The minimum absolute atomic E-state index is 0.183. The van der Waals surface area contributed by atoms with E-state index in [1.165, 1.54) is 44.9 Å². The molecule has 142 valence electrons. The van der Waals surface area contributed by atoms with Crippen LogP contribution in [0, 0.1) is 18.8 Å². The molecule has 0 spiro atoms. The van der Waals surface area contributed by atoms with Crippen molar-refractivity contribution in [1.29, 1.82) is 0 Å². The first-order chi connectivity index (χ1) is 12.5. The first kappa shape index (κ1) is 17.8. The molecule has 5 heteroatoms. The lowest BCUT2D eigenvalue weighted by Crippen LogP contribution is -2.44. The molecule has 2 aliphatic carbocycles. The number of carbonyl (C=O) groups is 1. The van der Waals surface area contributed by atoms with E-state index in [9.17, 15) is 9.59 Å². The summed E-state index contributed by atoms with van der Waals surface area (Å²) in [5.41, 5.74) is 0.933. The van der Waals surface area contributed by atoms with Gasteiger partial charge in [0.25, 0.3) is 11.5 Å². The lowest BCUT2D eigenvalue weighted by molar-refractivity contribution is 0.0924. The van der Waals surface area contributed by atoms with Gasteiger partial charge in [-0.1, -0.05) is 19.3 Å². The van der Waals surface area contributed by atoms with E-state index in [-0.39, 0.29) is 23.1 Å². The van der Waals surface area contributed by atoms with Gasteiger partial charge in [-0.05, 0) is 56.6 Å². The predicted octanol–water partition coefficient (Wildman–Crippen LogP) is 2.47. The molecule has 2 saturated carbocycles. The number of nitrogens with one attached hydrogen (secondary N) is 1. The second-order valence-electron chi connectivity index (χ2n) is 8.58. The van der Waals surface area contributed by atoms with Crippen molar-refractivity contribution in [1.82, 2.24) is 14.8 Å². The van der Waals surface area contributed by atoms with E-state index in [0.717, 1.165) is 24.7 Å². The molecule has 4 rings (SSSR count). The molecule has 1 aliphatic heterocycles. The number of nitrogens with zero attached hydrogens (tertiary/aromatic N) is 2. The maximum atomic E-state index is 12.8. The minimum Gasteiger partial charge on any atom is -0.348 e. The van der Waals surface area contributed by atoms with Crippen molar-refractivity contribution in [3.05, 3.63) is 33.7 Å². The number of aromatic nitrogens is 1. The fraction of sp³-hybridized carbons (Fsp3) is 0.714. The Morgan fingerprint density at radius 2 is 1.81 bits per heavy atom. The van der Waals surface area contributed by atoms with Gasteiger partial charge < -0.3 is 9.88 Å². The van der Waals surface area contributed by atoms with Crippen molar-refractivity contribution in [2.45, 2.75) is 64.0 Å². The lowest BCUT2D eigenvalue weighted by atomic mass is 9.94. The average Bonchev–Trinajstić information content (AvgIpc) is 3.41. The number of pyridine rings is 1. The van der Waals surface area contributed by atoms with Gasteiger partial charge in [0.15, 0.2) is 0 Å². The third-order valence-electron chi connectivity index (χ3n) is 6.83. The largest absolute Gasteiger partial charge is 0.348 e. The molecule has 0 unspecified atom stereocenters. The maximum Gasteiger partial charge on any atom is 0.263 e. The van der Waals surface area contributed by atoms with Gasteiger partial charge in [0.1, 0.15) is 5.56 Å². The number of amides is 1. The Labute approximate surface area is 155 Å². The Morgan fingerprint density at radius 3 is 2.50 bits per heavy atom. The van der Waals surface area contributed by atoms with Gasteiger partial charge in [-0.15, -0.1) is 0 Å². The van der Waals surface area contributed by atoms with Crippen LogP contribution >= 0.6 is 0 Å². The molecule has 1 saturated heterocycles. The van der Waals surface area contributed by atoms with Crippen LogP contribution in [0.25, 0.3) is 0 Å². The highest BCUT2D eigenvalue weighted by Crippen LogP contribution is 2.42. The van der Waals surface area contributed by atoms with Crippen LogP contribution < -0.4 is 10.9 Å². The second-order valence-corrected chi connectivity index (χ2v) is 8.58. The zero-order valence-electron chi connectivity index (χ0n) is 16.0. The van der Waals surface area contributed by atoms with Crippen LogP contribution in [0.1, 0.15) is 61.0 Å². The molecule has 1 N–H and O–H groups in total. The quantitative estimate of drug-likeness (QED) is 0.901. The molecule has 3 fully saturated rings. The number of hydrogen-bond acceptors (Lipinski definition) is 3. The molecule has 0 radical (unpaired) electrons. The summed E-state index contributed by atoms with van der Waals surface area (Å²) in [6.45, 7) is 3.95. The molecule has 0 bridgehead atoms. The van der Waals surface area contributed by atoms with Gasteiger partial charge in [-0.25, -0.2) is 0 Å². The average molecular weight is 357 g/mol. The Morgan fingerprint density at radius 1 is 1.08 bits per heavy atom. The standard InChI is InChI=1S/C21H31N3O2/c1-14-8-11-17(21(26)23(14)2)20(25)22-19-13-24(12-18(19)15-9-10-15)16-6-4-3-5-7-16/h8,11,15-16,18-19H,3-7,9-10,12-13H2,1-2H3,(H,22,25)/t18-,19+/m1/s1. The number of aryl methyl sites for hydroxylation is 1. The molecular weight excluding hydrogens is 326 g/mol. The minimum atomic E-state index is -0.202. The van der Waals surface area contributed by atoms with Crippen molar-refractivity contribution >= 4 is 5.91 Å². The van der Waals surface area contributed by atoms with Crippen molar-refractivity contribution in [2.24, 2.45) is 18.9 Å². The highest BCUT2D eigenvalue weighted by molar-refractivity contribution is 5.94.